The van der Waals surface area contributed by atoms with Gasteiger partial charge >= 0.3 is 0 Å². The number of nitriles is 2. The number of hydrogen-bond donors (Lipinski definition) is 0. The first-order valence-electron chi connectivity index (χ1n) is 6.16. The molecule has 0 unspecified atom stereocenters. The van der Waals surface area contributed by atoms with Gasteiger partial charge in [-0.05, 0) is 25.0 Å². The van der Waals surface area contributed by atoms with Crippen LogP contribution >= 0.6 is 0 Å². The zero-order chi connectivity index (χ0) is 15.4. The maximum Gasteiger partial charge on any atom is 0.101 e. The molecule has 0 bridgehead atoms. The summed E-state index contributed by atoms with van der Waals surface area (Å²) in [5, 5.41) is 18.8. The Morgan fingerprint density at radius 2 is 1.15 bits per heavy atom. The van der Waals surface area contributed by atoms with E-state index < -0.39 is 0 Å². The third-order valence-corrected chi connectivity index (χ3v) is 2.34. The lowest BCUT2D eigenvalue weighted by Crippen LogP contribution is -1.94. The molecule has 0 fully saturated rings. The quantitative estimate of drug-likeness (QED) is 0.514. The molecule has 0 rings (SSSR count). The second-order valence-electron chi connectivity index (χ2n) is 3.69. The molecule has 20 heavy (non-hydrogen) atoms. The fourth-order valence-corrected chi connectivity index (χ4v) is 1.59. The molecule has 0 aromatic heterocycles. The van der Waals surface area contributed by atoms with Crippen molar-refractivity contribution >= 4 is 0 Å². The predicted molar refractivity (Wildman–Crippen MR) is 84.4 cm³/mol. The van der Waals surface area contributed by atoms with Crippen LogP contribution in [0.1, 0.15) is 13.8 Å². The van der Waals surface area contributed by atoms with Crippen LogP contribution in [0.3, 0.4) is 0 Å². The summed E-state index contributed by atoms with van der Waals surface area (Å²) in [5.74, 6) is 0. The maximum absolute atomic E-state index is 9.39. The van der Waals surface area contributed by atoms with E-state index in [1.807, 2.05) is 26.0 Å². The van der Waals surface area contributed by atoms with E-state index in [-0.39, 0.29) is 0 Å². The number of hydrogen-bond acceptors (Lipinski definition) is 2. The molecule has 0 aliphatic heterocycles. The standard InChI is InChI=1S/C18H18N2/c1-5-9-15(10-6-2)17(13-19)18(14-20)16(11-7-3)12-8-4/h5-12H,1,3H2,2,4H3/b10-6-,12-8-,15-9+,16-11+,18-17+. The molecule has 0 saturated carbocycles. The lowest BCUT2D eigenvalue weighted by Gasteiger charge is -2.05. The SMILES string of the molecule is C=C/C=C(\C=C/C)C(/C#N)=C(C#N)/C(/C=C\C)=C/C=C. The first-order valence-corrected chi connectivity index (χ1v) is 6.16. The Hall–Kier alpha value is -2.84. The van der Waals surface area contributed by atoms with Gasteiger partial charge in [0.05, 0.1) is 11.1 Å². The van der Waals surface area contributed by atoms with Crippen LogP contribution in [0.15, 0.2) is 84.1 Å². The predicted octanol–water partition coefficient (Wildman–Crippen LogP) is 4.71. The smallest absolute Gasteiger partial charge is 0.101 e. The van der Waals surface area contributed by atoms with Crippen molar-refractivity contribution in [2.45, 2.75) is 13.8 Å². The highest BCUT2D eigenvalue weighted by atomic mass is 14.3. The van der Waals surface area contributed by atoms with Gasteiger partial charge in [-0.25, -0.2) is 0 Å². The van der Waals surface area contributed by atoms with Crippen molar-refractivity contribution in [3.8, 4) is 12.1 Å². The molecule has 2 heteroatoms. The Morgan fingerprint density at radius 1 is 0.800 bits per heavy atom. The fraction of sp³-hybridized carbons (Fsp3) is 0.111. The van der Waals surface area contributed by atoms with E-state index in [4.69, 9.17) is 0 Å². The van der Waals surface area contributed by atoms with Gasteiger partial charge in [-0.1, -0.05) is 61.8 Å². The minimum Gasteiger partial charge on any atom is -0.192 e. The molecule has 0 aliphatic rings. The van der Waals surface area contributed by atoms with Gasteiger partial charge in [0.15, 0.2) is 0 Å². The highest BCUT2D eigenvalue weighted by Crippen LogP contribution is 2.22. The lowest BCUT2D eigenvalue weighted by atomic mass is 9.94. The van der Waals surface area contributed by atoms with Gasteiger partial charge in [0.1, 0.15) is 12.1 Å². The summed E-state index contributed by atoms with van der Waals surface area (Å²) < 4.78 is 0. The zero-order valence-electron chi connectivity index (χ0n) is 11.9. The molecule has 0 N–H and O–H groups in total. The highest BCUT2D eigenvalue weighted by Gasteiger charge is 2.11. The van der Waals surface area contributed by atoms with Crippen molar-refractivity contribution in [3.63, 3.8) is 0 Å². The summed E-state index contributed by atoms with van der Waals surface area (Å²) in [6, 6.07) is 4.20. The average Bonchev–Trinajstić information content (AvgIpc) is 2.44. The second-order valence-corrected chi connectivity index (χ2v) is 3.69. The van der Waals surface area contributed by atoms with E-state index in [9.17, 15) is 10.5 Å². The Labute approximate surface area is 121 Å². The van der Waals surface area contributed by atoms with E-state index in [2.05, 4.69) is 25.3 Å². The van der Waals surface area contributed by atoms with Crippen LogP contribution in [0.2, 0.25) is 0 Å². The second kappa shape index (κ2) is 10.1. The van der Waals surface area contributed by atoms with Crippen LogP contribution < -0.4 is 0 Å². The van der Waals surface area contributed by atoms with Crippen molar-refractivity contribution in [1.29, 1.82) is 10.5 Å². The molecule has 0 aliphatic carbocycles. The summed E-state index contributed by atoms with van der Waals surface area (Å²) in [6.45, 7) is 11.0. The van der Waals surface area contributed by atoms with E-state index in [0.29, 0.717) is 22.3 Å². The topological polar surface area (TPSA) is 47.6 Å². The lowest BCUT2D eigenvalue weighted by molar-refractivity contribution is 1.37. The first-order chi connectivity index (χ1) is 9.69. The summed E-state index contributed by atoms with van der Waals surface area (Å²) in [6.07, 6.45) is 13.8. The minimum absolute atomic E-state index is 0.316. The van der Waals surface area contributed by atoms with Crippen LogP contribution in [0, 0.1) is 22.7 Å². The Morgan fingerprint density at radius 3 is 1.35 bits per heavy atom. The molecule has 0 saturated heterocycles. The normalized spacial score (nSPS) is 13.8. The van der Waals surface area contributed by atoms with Crippen LogP contribution in [-0.2, 0) is 0 Å². The first kappa shape index (κ1) is 17.2. The highest BCUT2D eigenvalue weighted by molar-refractivity contribution is 5.63. The zero-order valence-corrected chi connectivity index (χ0v) is 11.9. The van der Waals surface area contributed by atoms with Crippen molar-refractivity contribution in [2.75, 3.05) is 0 Å². The largest absolute Gasteiger partial charge is 0.192 e. The molecule has 0 spiro atoms. The van der Waals surface area contributed by atoms with Crippen molar-refractivity contribution in [1.82, 2.24) is 0 Å². The summed E-state index contributed by atoms with van der Waals surface area (Å²) >= 11 is 0. The molecule has 0 aromatic carbocycles. The Balaban J connectivity index is 6.34. The van der Waals surface area contributed by atoms with E-state index in [0.717, 1.165) is 0 Å². The number of nitrogens with zero attached hydrogens (tertiary/aromatic N) is 2. The molecule has 2 nitrogen and oxygen atoms in total. The van der Waals surface area contributed by atoms with Gasteiger partial charge in [-0.15, -0.1) is 0 Å². The van der Waals surface area contributed by atoms with Crippen molar-refractivity contribution < 1.29 is 0 Å². The van der Waals surface area contributed by atoms with Crippen molar-refractivity contribution in [2.24, 2.45) is 0 Å². The molecule has 0 aromatic rings. The molecule has 100 valence electrons. The molecular weight excluding hydrogens is 244 g/mol. The fourth-order valence-electron chi connectivity index (χ4n) is 1.59. The van der Waals surface area contributed by atoms with Gasteiger partial charge < -0.3 is 0 Å². The molecule has 0 atom stereocenters. The average molecular weight is 262 g/mol. The summed E-state index contributed by atoms with van der Waals surface area (Å²) in [5.41, 5.74) is 1.94. The molecule has 0 radical (unpaired) electrons. The number of rotatable bonds is 6. The monoisotopic (exact) mass is 262 g/mol. The van der Waals surface area contributed by atoms with E-state index >= 15 is 0 Å². The third kappa shape index (κ3) is 4.80. The van der Waals surface area contributed by atoms with Gasteiger partial charge in [0, 0.05) is 0 Å². The van der Waals surface area contributed by atoms with E-state index in [1.54, 1.807) is 36.5 Å². The van der Waals surface area contributed by atoms with Gasteiger partial charge in [-0.2, -0.15) is 10.5 Å². The van der Waals surface area contributed by atoms with Gasteiger partial charge in [-0.3, -0.25) is 0 Å². The van der Waals surface area contributed by atoms with Crippen LogP contribution in [0.25, 0.3) is 0 Å². The third-order valence-electron chi connectivity index (χ3n) is 2.34. The van der Waals surface area contributed by atoms with E-state index in [1.165, 1.54) is 0 Å². The number of allylic oxidation sites excluding steroid dienone is 12. The van der Waals surface area contributed by atoms with Crippen LogP contribution in [-0.4, -0.2) is 0 Å². The summed E-state index contributed by atoms with van der Waals surface area (Å²) in [7, 11) is 0. The summed E-state index contributed by atoms with van der Waals surface area (Å²) in [4.78, 5) is 0. The van der Waals surface area contributed by atoms with Gasteiger partial charge in [0.25, 0.3) is 0 Å². The molecular formula is C18H18N2. The van der Waals surface area contributed by atoms with Crippen LogP contribution in [0.4, 0.5) is 0 Å². The van der Waals surface area contributed by atoms with Gasteiger partial charge in [0.2, 0.25) is 0 Å². The minimum atomic E-state index is 0.316. The Kier molecular flexibility index (Phi) is 8.68. The maximum atomic E-state index is 9.39. The molecule has 0 heterocycles. The van der Waals surface area contributed by atoms with Crippen molar-refractivity contribution in [3.05, 3.63) is 84.1 Å². The Bertz CT molecular complexity index is 540. The van der Waals surface area contributed by atoms with Crippen LogP contribution in [0.5, 0.6) is 0 Å². The molecule has 0 amide bonds.